The van der Waals surface area contributed by atoms with Gasteiger partial charge in [0.1, 0.15) is 0 Å². The van der Waals surface area contributed by atoms with Crippen LogP contribution in [0.5, 0.6) is 0 Å². The summed E-state index contributed by atoms with van der Waals surface area (Å²) in [6.45, 7) is 2.46. The van der Waals surface area contributed by atoms with Crippen molar-refractivity contribution in [2.45, 2.75) is 12.8 Å². The van der Waals surface area contributed by atoms with Crippen molar-refractivity contribution in [3.05, 3.63) is 36.4 Å². The van der Waals surface area contributed by atoms with E-state index in [9.17, 15) is 0 Å². The highest BCUT2D eigenvalue weighted by Crippen LogP contribution is 2.23. The largest absolute Gasteiger partial charge is 0.334 e. The van der Waals surface area contributed by atoms with Crippen molar-refractivity contribution in [3.63, 3.8) is 0 Å². The average molecular weight is 243 g/mol. The lowest BCUT2D eigenvalue weighted by atomic mass is 10.2. The summed E-state index contributed by atoms with van der Waals surface area (Å²) >= 11 is 0. The van der Waals surface area contributed by atoms with Gasteiger partial charge in [0.05, 0.1) is 17.3 Å². The van der Waals surface area contributed by atoms with E-state index < -0.39 is 0 Å². The number of nitrogens with zero attached hydrogens (tertiary/aromatic N) is 4. The number of pyridine rings is 1. The first kappa shape index (κ1) is 10.9. The second-order valence-corrected chi connectivity index (χ2v) is 4.18. The number of aromatic nitrogens is 4. The van der Waals surface area contributed by atoms with Gasteiger partial charge in [0, 0.05) is 18.7 Å². The number of rotatable bonds is 3. The summed E-state index contributed by atoms with van der Waals surface area (Å²) in [7, 11) is 0. The summed E-state index contributed by atoms with van der Waals surface area (Å²) in [5.74, 6) is 1.19. The van der Waals surface area contributed by atoms with Crippen molar-refractivity contribution in [1.29, 1.82) is 0 Å². The van der Waals surface area contributed by atoms with Gasteiger partial charge in [0.2, 0.25) is 0 Å². The molecule has 18 heavy (non-hydrogen) atoms. The van der Waals surface area contributed by atoms with E-state index in [0.717, 1.165) is 11.1 Å². The molecule has 0 aliphatic rings. The zero-order valence-corrected chi connectivity index (χ0v) is 9.95. The Labute approximate surface area is 103 Å². The first-order chi connectivity index (χ1) is 8.79. The van der Waals surface area contributed by atoms with E-state index >= 15 is 0 Å². The van der Waals surface area contributed by atoms with Crippen molar-refractivity contribution in [2.75, 3.05) is 6.54 Å². The maximum absolute atomic E-state index is 5.58. The molecule has 3 rings (SSSR count). The third-order valence-electron chi connectivity index (χ3n) is 2.89. The van der Waals surface area contributed by atoms with Crippen molar-refractivity contribution >= 4 is 5.52 Å². The Kier molecular flexibility index (Phi) is 2.56. The first-order valence-corrected chi connectivity index (χ1v) is 5.76. The predicted molar refractivity (Wildman–Crippen MR) is 66.0 cm³/mol. The SMILES string of the molecule is CC(CN)c1noc(-c2cnn3ccccc23)n1. The lowest BCUT2D eigenvalue weighted by molar-refractivity contribution is 0.418. The van der Waals surface area contributed by atoms with Crippen molar-refractivity contribution < 1.29 is 4.52 Å². The molecule has 0 spiro atoms. The summed E-state index contributed by atoms with van der Waals surface area (Å²) in [5.41, 5.74) is 7.35. The highest BCUT2D eigenvalue weighted by molar-refractivity contribution is 5.74. The zero-order valence-electron chi connectivity index (χ0n) is 9.95. The first-order valence-electron chi connectivity index (χ1n) is 5.76. The zero-order chi connectivity index (χ0) is 12.5. The van der Waals surface area contributed by atoms with Crippen LogP contribution in [0, 0.1) is 0 Å². The van der Waals surface area contributed by atoms with Crippen LogP contribution in [0.2, 0.25) is 0 Å². The van der Waals surface area contributed by atoms with E-state index in [0.29, 0.717) is 18.3 Å². The van der Waals surface area contributed by atoms with Crippen molar-refractivity contribution in [1.82, 2.24) is 19.8 Å². The normalized spacial score (nSPS) is 13.0. The van der Waals surface area contributed by atoms with Gasteiger partial charge >= 0.3 is 0 Å². The topological polar surface area (TPSA) is 82.2 Å². The minimum atomic E-state index is 0.0874. The molecule has 0 radical (unpaired) electrons. The van der Waals surface area contributed by atoms with Gasteiger partial charge in [-0.05, 0) is 12.1 Å². The fraction of sp³-hybridized carbons (Fsp3) is 0.250. The maximum atomic E-state index is 5.58. The molecule has 3 aromatic rings. The van der Waals surface area contributed by atoms with Crippen LogP contribution in [-0.4, -0.2) is 26.3 Å². The van der Waals surface area contributed by atoms with Crippen LogP contribution < -0.4 is 5.73 Å². The van der Waals surface area contributed by atoms with Crippen LogP contribution >= 0.6 is 0 Å². The number of hydrogen-bond acceptors (Lipinski definition) is 5. The molecule has 2 N–H and O–H groups in total. The highest BCUT2D eigenvalue weighted by Gasteiger charge is 2.16. The lowest BCUT2D eigenvalue weighted by Crippen LogP contribution is -2.10. The molecule has 0 bridgehead atoms. The predicted octanol–water partition coefficient (Wildman–Crippen LogP) is 1.45. The second-order valence-electron chi connectivity index (χ2n) is 4.18. The van der Waals surface area contributed by atoms with Gasteiger partial charge in [0.25, 0.3) is 5.89 Å². The molecule has 1 atom stereocenters. The van der Waals surface area contributed by atoms with Crippen LogP contribution in [0.25, 0.3) is 17.0 Å². The minimum absolute atomic E-state index is 0.0874. The summed E-state index contributed by atoms with van der Waals surface area (Å²) in [4.78, 5) is 4.36. The Bertz CT molecular complexity index is 672. The Balaban J connectivity index is 2.07. The third-order valence-corrected chi connectivity index (χ3v) is 2.89. The molecule has 0 saturated carbocycles. The molecule has 1 unspecified atom stereocenters. The molecule has 3 heterocycles. The van der Waals surface area contributed by atoms with Crippen LogP contribution in [0.15, 0.2) is 35.1 Å². The van der Waals surface area contributed by atoms with Gasteiger partial charge in [-0.1, -0.05) is 18.1 Å². The molecular weight excluding hydrogens is 230 g/mol. The molecule has 0 fully saturated rings. The van der Waals surface area contributed by atoms with Gasteiger partial charge in [0.15, 0.2) is 5.82 Å². The molecule has 3 aromatic heterocycles. The van der Waals surface area contributed by atoms with Crippen LogP contribution in [0.1, 0.15) is 18.7 Å². The fourth-order valence-corrected chi connectivity index (χ4v) is 1.75. The fourth-order valence-electron chi connectivity index (χ4n) is 1.75. The number of hydrogen-bond donors (Lipinski definition) is 1. The summed E-state index contributed by atoms with van der Waals surface area (Å²) in [6.07, 6.45) is 3.60. The maximum Gasteiger partial charge on any atom is 0.261 e. The number of nitrogens with two attached hydrogens (primary N) is 1. The van der Waals surface area contributed by atoms with Crippen LogP contribution in [0.3, 0.4) is 0 Å². The van der Waals surface area contributed by atoms with E-state index in [4.69, 9.17) is 10.3 Å². The molecule has 92 valence electrons. The second kappa shape index (κ2) is 4.23. The van der Waals surface area contributed by atoms with E-state index in [1.807, 2.05) is 31.3 Å². The summed E-state index contributed by atoms with van der Waals surface area (Å²) in [6, 6.07) is 5.82. The van der Waals surface area contributed by atoms with Crippen molar-refractivity contribution in [2.24, 2.45) is 5.73 Å². The molecule has 0 amide bonds. The van der Waals surface area contributed by atoms with Crippen molar-refractivity contribution in [3.8, 4) is 11.5 Å². The van der Waals surface area contributed by atoms with Gasteiger partial charge in [-0.3, -0.25) is 0 Å². The van der Waals surface area contributed by atoms with E-state index in [-0.39, 0.29) is 5.92 Å². The average Bonchev–Trinajstić information content (AvgIpc) is 3.03. The Hall–Kier alpha value is -2.21. The molecular formula is C12H13N5O. The van der Waals surface area contributed by atoms with E-state index in [1.165, 1.54) is 0 Å². The quantitative estimate of drug-likeness (QED) is 0.752. The minimum Gasteiger partial charge on any atom is -0.334 e. The van der Waals surface area contributed by atoms with Crippen LogP contribution in [-0.2, 0) is 0 Å². The van der Waals surface area contributed by atoms with Gasteiger partial charge in [-0.15, -0.1) is 0 Å². The molecule has 6 nitrogen and oxygen atoms in total. The standard InChI is InChI=1S/C12H13N5O/c1-8(6-13)11-15-12(18-16-11)9-7-14-17-5-3-2-4-10(9)17/h2-5,7-8H,6,13H2,1H3. The van der Waals surface area contributed by atoms with Gasteiger partial charge in [-0.25, -0.2) is 4.52 Å². The smallest absolute Gasteiger partial charge is 0.261 e. The monoisotopic (exact) mass is 243 g/mol. The van der Waals surface area contributed by atoms with Crippen LogP contribution in [0.4, 0.5) is 0 Å². The van der Waals surface area contributed by atoms with E-state index in [2.05, 4.69) is 15.2 Å². The number of fused-ring (bicyclic) bond motifs is 1. The summed E-state index contributed by atoms with van der Waals surface area (Å²) < 4.78 is 7.04. The Morgan fingerprint density at radius 2 is 2.33 bits per heavy atom. The Morgan fingerprint density at radius 1 is 1.44 bits per heavy atom. The molecule has 0 aromatic carbocycles. The van der Waals surface area contributed by atoms with Gasteiger partial charge < -0.3 is 10.3 Å². The summed E-state index contributed by atoms with van der Waals surface area (Å²) in [5, 5.41) is 8.18. The molecule has 0 saturated heterocycles. The van der Waals surface area contributed by atoms with Gasteiger partial charge in [-0.2, -0.15) is 10.1 Å². The molecule has 0 aliphatic heterocycles. The molecule has 6 heteroatoms. The van der Waals surface area contributed by atoms with E-state index in [1.54, 1.807) is 10.7 Å². The Morgan fingerprint density at radius 3 is 3.17 bits per heavy atom. The third kappa shape index (κ3) is 1.67. The lowest BCUT2D eigenvalue weighted by Gasteiger charge is -1.98. The molecule has 0 aliphatic carbocycles. The highest BCUT2D eigenvalue weighted by atomic mass is 16.5.